The highest BCUT2D eigenvalue weighted by molar-refractivity contribution is 5.83. The first-order valence-corrected chi connectivity index (χ1v) is 10.5. The lowest BCUT2D eigenvalue weighted by Crippen LogP contribution is -2.64. The summed E-state index contributed by atoms with van der Waals surface area (Å²) in [4.78, 5) is 15.7. The Balaban J connectivity index is 1.42. The molecule has 5 rings (SSSR count). The summed E-state index contributed by atoms with van der Waals surface area (Å²) in [6.45, 7) is 5.09. The summed E-state index contributed by atoms with van der Waals surface area (Å²) in [5.74, 6) is 0.864. The predicted octanol–water partition coefficient (Wildman–Crippen LogP) is 2.75. The van der Waals surface area contributed by atoms with Crippen LogP contribution in [0, 0.1) is 16.7 Å². The number of hydrogen-bond acceptors (Lipinski definition) is 4. The molecule has 1 heterocycles. The fourth-order valence-electron chi connectivity index (χ4n) is 7.08. The maximum atomic E-state index is 13.6. The average Bonchev–Trinajstić information content (AvgIpc) is 2.60. The van der Waals surface area contributed by atoms with Gasteiger partial charge in [0.05, 0.1) is 30.3 Å². The van der Waals surface area contributed by atoms with E-state index in [0.717, 1.165) is 58.0 Å². The Morgan fingerprint density at radius 3 is 2.54 bits per heavy atom. The van der Waals surface area contributed by atoms with Crippen molar-refractivity contribution in [1.82, 2.24) is 4.90 Å². The van der Waals surface area contributed by atoms with Crippen LogP contribution in [0.15, 0.2) is 0 Å². The Morgan fingerprint density at radius 1 is 1.12 bits per heavy atom. The minimum Gasteiger partial charge on any atom is -0.390 e. The van der Waals surface area contributed by atoms with Crippen molar-refractivity contribution in [3.8, 4) is 0 Å². The number of likely N-dealkylation sites (tertiary alicyclic amines) is 1. The Kier molecular flexibility index (Phi) is 4.85. The van der Waals surface area contributed by atoms with Crippen molar-refractivity contribution < 1.29 is 19.4 Å². The zero-order chi connectivity index (χ0) is 18.4. The van der Waals surface area contributed by atoms with E-state index in [9.17, 15) is 9.90 Å². The fourth-order valence-corrected chi connectivity index (χ4v) is 7.08. The number of rotatable bonds is 6. The van der Waals surface area contributed by atoms with Gasteiger partial charge in [0.15, 0.2) is 0 Å². The first-order chi connectivity index (χ1) is 12.4. The lowest BCUT2D eigenvalue weighted by atomic mass is 9.42. The van der Waals surface area contributed by atoms with Gasteiger partial charge in [-0.25, -0.2) is 0 Å². The van der Waals surface area contributed by atoms with Crippen LogP contribution in [0.3, 0.4) is 0 Å². The molecule has 5 aliphatic rings. The third kappa shape index (κ3) is 3.20. The molecular formula is C21H35NO4. The summed E-state index contributed by atoms with van der Waals surface area (Å²) in [7, 11) is 1.69. The summed E-state index contributed by atoms with van der Waals surface area (Å²) in [6.07, 6.45) is 8.91. The lowest BCUT2D eigenvalue weighted by molar-refractivity contribution is -0.210. The number of nitrogens with zero attached hydrogens (tertiary/aromatic N) is 1. The monoisotopic (exact) mass is 365 g/mol. The summed E-state index contributed by atoms with van der Waals surface area (Å²) in [5, 5.41) is 11.2. The highest BCUT2D eigenvalue weighted by Crippen LogP contribution is 2.68. The van der Waals surface area contributed by atoms with E-state index in [4.69, 9.17) is 9.47 Å². The van der Waals surface area contributed by atoms with E-state index in [0.29, 0.717) is 31.5 Å². The Morgan fingerprint density at radius 2 is 1.88 bits per heavy atom. The maximum Gasteiger partial charge on any atom is 0.228 e. The number of amides is 1. The van der Waals surface area contributed by atoms with Gasteiger partial charge in [-0.1, -0.05) is 13.3 Å². The normalized spacial score (nSPS) is 42.4. The number of carbonyl (C=O) groups excluding carboxylic acids is 1. The molecule has 1 aliphatic heterocycles. The molecule has 0 aromatic heterocycles. The molecular weight excluding hydrogens is 330 g/mol. The SMILES string of the molecule is CCC12CC3CC(O)(C1)CC(C(=O)N1CCC(OCCOC)CC1)(C3)C2. The first-order valence-electron chi connectivity index (χ1n) is 10.5. The van der Waals surface area contributed by atoms with Crippen LogP contribution in [0.5, 0.6) is 0 Å². The fraction of sp³-hybridized carbons (Fsp3) is 0.952. The summed E-state index contributed by atoms with van der Waals surface area (Å²) in [5.41, 5.74) is -0.688. The third-order valence-corrected chi connectivity index (χ3v) is 7.73. The molecule has 5 fully saturated rings. The van der Waals surface area contributed by atoms with Gasteiger partial charge < -0.3 is 19.5 Å². The average molecular weight is 366 g/mol. The minimum absolute atomic E-state index is 0.200. The molecule has 4 saturated carbocycles. The first kappa shape index (κ1) is 18.7. The van der Waals surface area contributed by atoms with E-state index < -0.39 is 5.60 Å². The lowest BCUT2D eigenvalue weighted by Gasteiger charge is -2.65. The van der Waals surface area contributed by atoms with Crippen LogP contribution in [-0.2, 0) is 14.3 Å². The van der Waals surface area contributed by atoms with E-state index >= 15 is 0 Å². The van der Waals surface area contributed by atoms with Crippen LogP contribution < -0.4 is 0 Å². The van der Waals surface area contributed by atoms with Crippen molar-refractivity contribution in [1.29, 1.82) is 0 Å². The van der Waals surface area contributed by atoms with Crippen molar-refractivity contribution in [3.05, 3.63) is 0 Å². The van der Waals surface area contributed by atoms with Crippen LogP contribution in [0.1, 0.15) is 64.7 Å². The second-order valence-electron chi connectivity index (χ2n) is 9.72. The molecule has 5 nitrogen and oxygen atoms in total. The van der Waals surface area contributed by atoms with Gasteiger partial charge >= 0.3 is 0 Å². The highest BCUT2D eigenvalue weighted by Gasteiger charge is 2.65. The number of aliphatic hydroxyl groups is 1. The molecule has 148 valence electrons. The molecule has 4 atom stereocenters. The number of piperidine rings is 1. The second kappa shape index (κ2) is 6.75. The van der Waals surface area contributed by atoms with E-state index in [1.54, 1.807) is 7.11 Å². The smallest absolute Gasteiger partial charge is 0.228 e. The number of hydrogen-bond donors (Lipinski definition) is 1. The van der Waals surface area contributed by atoms with Gasteiger partial charge in [-0.15, -0.1) is 0 Å². The van der Waals surface area contributed by atoms with Gasteiger partial charge in [0.25, 0.3) is 0 Å². The van der Waals surface area contributed by atoms with E-state index in [1.807, 2.05) is 0 Å². The molecule has 1 N–H and O–H groups in total. The Labute approximate surface area is 157 Å². The van der Waals surface area contributed by atoms with E-state index in [2.05, 4.69) is 11.8 Å². The standard InChI is InChI=1S/C21H35NO4/c1-3-19-10-16-11-20(13-19,15-21(24,12-16)14-19)18(23)22-6-4-17(5-7-22)26-9-8-25-2/h16-17,24H,3-15H2,1-2H3. The molecule has 1 saturated heterocycles. The molecule has 0 radical (unpaired) electrons. The van der Waals surface area contributed by atoms with Crippen LogP contribution in [0.4, 0.5) is 0 Å². The number of carbonyl (C=O) groups is 1. The van der Waals surface area contributed by atoms with Crippen LogP contribution >= 0.6 is 0 Å². The quantitative estimate of drug-likeness (QED) is 0.736. The highest BCUT2D eigenvalue weighted by atomic mass is 16.5. The molecule has 4 bridgehead atoms. The maximum absolute atomic E-state index is 13.6. The molecule has 26 heavy (non-hydrogen) atoms. The van der Waals surface area contributed by atoms with E-state index in [-0.39, 0.29) is 16.9 Å². The predicted molar refractivity (Wildman–Crippen MR) is 98.7 cm³/mol. The summed E-state index contributed by atoms with van der Waals surface area (Å²) in [6, 6.07) is 0. The molecule has 0 aromatic carbocycles. The summed E-state index contributed by atoms with van der Waals surface area (Å²) >= 11 is 0. The van der Waals surface area contributed by atoms with Crippen LogP contribution in [0.25, 0.3) is 0 Å². The van der Waals surface area contributed by atoms with Crippen molar-refractivity contribution in [2.45, 2.75) is 76.4 Å². The number of methoxy groups -OCH3 is 1. The molecule has 1 amide bonds. The number of ether oxygens (including phenoxy) is 2. The molecule has 0 spiro atoms. The van der Waals surface area contributed by atoms with Gasteiger partial charge in [0, 0.05) is 20.2 Å². The molecule has 4 aliphatic carbocycles. The molecule has 4 unspecified atom stereocenters. The van der Waals surface area contributed by atoms with Crippen LogP contribution in [-0.4, -0.2) is 61.0 Å². The Bertz CT molecular complexity index is 546. The van der Waals surface area contributed by atoms with Gasteiger partial charge in [-0.3, -0.25) is 4.79 Å². The molecule has 5 heteroatoms. The van der Waals surface area contributed by atoms with Gasteiger partial charge in [0.1, 0.15) is 0 Å². The zero-order valence-corrected chi connectivity index (χ0v) is 16.5. The topological polar surface area (TPSA) is 59.0 Å². The van der Waals surface area contributed by atoms with Crippen LogP contribution in [0.2, 0.25) is 0 Å². The molecule has 0 aromatic rings. The van der Waals surface area contributed by atoms with E-state index in [1.165, 1.54) is 6.42 Å². The largest absolute Gasteiger partial charge is 0.390 e. The van der Waals surface area contributed by atoms with Crippen molar-refractivity contribution in [3.63, 3.8) is 0 Å². The van der Waals surface area contributed by atoms with Gasteiger partial charge in [-0.05, 0) is 62.7 Å². The summed E-state index contributed by atoms with van der Waals surface area (Å²) < 4.78 is 10.9. The third-order valence-electron chi connectivity index (χ3n) is 7.73. The van der Waals surface area contributed by atoms with Crippen molar-refractivity contribution in [2.75, 3.05) is 33.4 Å². The van der Waals surface area contributed by atoms with Gasteiger partial charge in [0.2, 0.25) is 5.91 Å². The zero-order valence-electron chi connectivity index (χ0n) is 16.5. The van der Waals surface area contributed by atoms with Crippen molar-refractivity contribution in [2.24, 2.45) is 16.7 Å². The second-order valence-corrected chi connectivity index (χ2v) is 9.72. The van der Waals surface area contributed by atoms with Crippen molar-refractivity contribution >= 4 is 5.91 Å². The van der Waals surface area contributed by atoms with Gasteiger partial charge in [-0.2, -0.15) is 0 Å². The minimum atomic E-state index is -0.591. The Hall–Kier alpha value is -0.650.